The first-order valence-corrected chi connectivity index (χ1v) is 9.93. The van der Waals surface area contributed by atoms with Gasteiger partial charge in [-0.2, -0.15) is 0 Å². The van der Waals surface area contributed by atoms with Crippen LogP contribution in [0.5, 0.6) is 0 Å². The number of aryl methyl sites for hydroxylation is 2. The molecule has 3 rings (SSSR count). The Balaban J connectivity index is 1.78. The number of hydrogen-bond acceptors (Lipinski definition) is 5. The molecular formula is C21H27N3O4. The molecule has 0 aliphatic carbocycles. The van der Waals surface area contributed by atoms with Crippen LogP contribution in [0.3, 0.4) is 0 Å². The predicted molar refractivity (Wildman–Crippen MR) is 106 cm³/mol. The van der Waals surface area contributed by atoms with Crippen molar-refractivity contribution >= 4 is 22.9 Å². The second-order valence-corrected chi connectivity index (χ2v) is 7.24. The molecular weight excluding hydrogens is 358 g/mol. The summed E-state index contributed by atoms with van der Waals surface area (Å²) in [4.78, 5) is 43.5. The lowest BCUT2D eigenvalue weighted by Gasteiger charge is -2.24. The molecule has 1 amide bonds. The molecule has 2 aromatic rings. The zero-order valence-corrected chi connectivity index (χ0v) is 16.7. The highest BCUT2D eigenvalue weighted by Gasteiger charge is 2.25. The molecule has 1 fully saturated rings. The Morgan fingerprint density at radius 1 is 1.18 bits per heavy atom. The van der Waals surface area contributed by atoms with Crippen molar-refractivity contribution in [3.8, 4) is 0 Å². The molecule has 0 bridgehead atoms. The summed E-state index contributed by atoms with van der Waals surface area (Å²) in [6, 6.07) is 4.92. The summed E-state index contributed by atoms with van der Waals surface area (Å²) in [6.45, 7) is 7.11. The van der Waals surface area contributed by atoms with Gasteiger partial charge in [-0.1, -0.05) is 12.8 Å². The number of esters is 1. The van der Waals surface area contributed by atoms with Crippen LogP contribution < -0.4 is 5.56 Å². The molecule has 28 heavy (non-hydrogen) atoms. The molecule has 7 nitrogen and oxygen atoms in total. The van der Waals surface area contributed by atoms with Crippen molar-refractivity contribution in [3.63, 3.8) is 0 Å². The maximum Gasteiger partial charge on any atom is 0.338 e. The smallest absolute Gasteiger partial charge is 0.338 e. The molecule has 1 aromatic carbocycles. The van der Waals surface area contributed by atoms with E-state index in [4.69, 9.17) is 4.74 Å². The second kappa shape index (κ2) is 8.54. The molecule has 1 aromatic heterocycles. The lowest BCUT2D eigenvalue weighted by atomic mass is 10.2. The van der Waals surface area contributed by atoms with Gasteiger partial charge in [0, 0.05) is 19.6 Å². The van der Waals surface area contributed by atoms with Crippen molar-refractivity contribution in [2.45, 2.75) is 59.1 Å². The van der Waals surface area contributed by atoms with Crippen LogP contribution in [0.15, 0.2) is 23.0 Å². The summed E-state index contributed by atoms with van der Waals surface area (Å²) >= 11 is 0. The van der Waals surface area contributed by atoms with Gasteiger partial charge in [0.1, 0.15) is 5.69 Å². The molecule has 150 valence electrons. The summed E-state index contributed by atoms with van der Waals surface area (Å²) < 4.78 is 7.05. The van der Waals surface area contributed by atoms with Crippen LogP contribution in [0.25, 0.3) is 11.0 Å². The monoisotopic (exact) mass is 385 g/mol. The van der Waals surface area contributed by atoms with Crippen molar-refractivity contribution in [2.75, 3.05) is 13.1 Å². The van der Waals surface area contributed by atoms with Crippen LogP contribution >= 0.6 is 0 Å². The molecule has 2 heterocycles. The molecule has 0 radical (unpaired) electrons. The van der Waals surface area contributed by atoms with Gasteiger partial charge in [-0.15, -0.1) is 0 Å². The number of carbonyl (C=O) groups is 2. The second-order valence-electron chi connectivity index (χ2n) is 7.24. The number of amides is 1. The van der Waals surface area contributed by atoms with Crippen molar-refractivity contribution in [1.82, 2.24) is 14.5 Å². The van der Waals surface area contributed by atoms with Crippen LogP contribution in [0, 0.1) is 6.92 Å². The van der Waals surface area contributed by atoms with Crippen molar-refractivity contribution < 1.29 is 14.3 Å². The van der Waals surface area contributed by atoms with Gasteiger partial charge in [0.05, 0.1) is 16.6 Å². The summed E-state index contributed by atoms with van der Waals surface area (Å²) in [7, 11) is 0. The molecule has 1 saturated heterocycles. The van der Waals surface area contributed by atoms with E-state index < -0.39 is 12.1 Å². The quantitative estimate of drug-likeness (QED) is 0.756. The Hall–Kier alpha value is -2.70. The Morgan fingerprint density at radius 2 is 1.86 bits per heavy atom. The third-order valence-corrected chi connectivity index (χ3v) is 5.21. The van der Waals surface area contributed by atoms with E-state index in [1.54, 1.807) is 41.5 Å². The van der Waals surface area contributed by atoms with Gasteiger partial charge in [0.2, 0.25) is 0 Å². The van der Waals surface area contributed by atoms with Crippen LogP contribution in [-0.4, -0.2) is 45.5 Å². The van der Waals surface area contributed by atoms with Crippen LogP contribution in [-0.2, 0) is 16.1 Å². The molecule has 0 spiro atoms. The summed E-state index contributed by atoms with van der Waals surface area (Å²) in [5.74, 6) is -0.712. The first-order chi connectivity index (χ1) is 13.4. The minimum Gasteiger partial charge on any atom is -0.449 e. The first-order valence-electron chi connectivity index (χ1n) is 9.93. The minimum atomic E-state index is -0.833. The Bertz CT molecular complexity index is 943. The first kappa shape index (κ1) is 20.0. The number of aromatic nitrogens is 2. The average molecular weight is 385 g/mol. The third-order valence-electron chi connectivity index (χ3n) is 5.21. The lowest BCUT2D eigenvalue weighted by Crippen LogP contribution is -2.40. The number of carbonyl (C=O) groups excluding carboxylic acids is 2. The molecule has 0 saturated carbocycles. The molecule has 0 unspecified atom stereocenters. The molecule has 7 heteroatoms. The number of likely N-dealkylation sites (tertiary alicyclic amines) is 1. The Kier molecular flexibility index (Phi) is 6.11. The highest BCUT2D eigenvalue weighted by Crippen LogP contribution is 2.16. The van der Waals surface area contributed by atoms with Gasteiger partial charge in [-0.25, -0.2) is 9.78 Å². The highest BCUT2D eigenvalue weighted by molar-refractivity contribution is 5.95. The van der Waals surface area contributed by atoms with Gasteiger partial charge < -0.3 is 14.2 Å². The Labute approximate surface area is 164 Å². The maximum absolute atomic E-state index is 12.6. The fourth-order valence-corrected chi connectivity index (χ4v) is 3.64. The number of fused-ring (bicyclic) bond motifs is 1. The van der Waals surface area contributed by atoms with E-state index in [0.29, 0.717) is 41.9 Å². The third kappa shape index (κ3) is 4.08. The zero-order chi connectivity index (χ0) is 20.3. The van der Waals surface area contributed by atoms with E-state index in [1.165, 1.54) is 0 Å². The number of rotatable bonds is 4. The van der Waals surface area contributed by atoms with Crippen LogP contribution in [0.4, 0.5) is 0 Å². The van der Waals surface area contributed by atoms with Crippen LogP contribution in [0.1, 0.15) is 55.6 Å². The highest BCUT2D eigenvalue weighted by atomic mass is 16.5. The summed E-state index contributed by atoms with van der Waals surface area (Å²) in [5, 5.41) is 0. The van der Waals surface area contributed by atoms with Crippen molar-refractivity contribution in [3.05, 3.63) is 39.8 Å². The topological polar surface area (TPSA) is 81.5 Å². The molecule has 0 N–H and O–H groups in total. The fourth-order valence-electron chi connectivity index (χ4n) is 3.64. The van der Waals surface area contributed by atoms with E-state index in [0.717, 1.165) is 25.7 Å². The van der Waals surface area contributed by atoms with Gasteiger partial charge in [0.15, 0.2) is 6.10 Å². The van der Waals surface area contributed by atoms with E-state index >= 15 is 0 Å². The van der Waals surface area contributed by atoms with Crippen molar-refractivity contribution in [1.29, 1.82) is 0 Å². The normalized spacial score (nSPS) is 15.9. The van der Waals surface area contributed by atoms with E-state index in [9.17, 15) is 14.4 Å². The molecule has 1 aliphatic heterocycles. The average Bonchev–Trinajstić information content (AvgIpc) is 2.97. The fraction of sp³-hybridized carbons (Fsp3) is 0.524. The van der Waals surface area contributed by atoms with Crippen molar-refractivity contribution in [2.24, 2.45) is 0 Å². The lowest BCUT2D eigenvalue weighted by molar-refractivity contribution is -0.139. The van der Waals surface area contributed by atoms with E-state index in [-0.39, 0.29) is 11.5 Å². The van der Waals surface area contributed by atoms with Gasteiger partial charge >= 0.3 is 5.97 Å². The predicted octanol–water partition coefficient (Wildman–Crippen LogP) is 2.67. The van der Waals surface area contributed by atoms with Crippen LogP contribution in [0.2, 0.25) is 0 Å². The Morgan fingerprint density at radius 3 is 2.50 bits per heavy atom. The molecule has 1 atom stereocenters. The number of ether oxygens (including phenoxy) is 1. The SMILES string of the molecule is CCn1c(=O)c(C)nc2cc(C(=O)O[C@H](C)C(=O)N3CCCCCC3)ccc21. The minimum absolute atomic E-state index is 0.137. The number of benzene rings is 1. The summed E-state index contributed by atoms with van der Waals surface area (Å²) in [5.41, 5.74) is 1.78. The molecule has 1 aliphatic rings. The number of hydrogen-bond donors (Lipinski definition) is 0. The standard InChI is InChI=1S/C21H27N3O4/c1-4-24-18-10-9-16(13-17(18)22-14(2)19(24)25)21(27)28-15(3)20(26)23-11-7-5-6-8-12-23/h9-10,13,15H,4-8,11-12H2,1-3H3/t15-/m1/s1. The zero-order valence-electron chi connectivity index (χ0n) is 16.7. The van der Waals surface area contributed by atoms with E-state index in [2.05, 4.69) is 4.98 Å². The van der Waals surface area contributed by atoms with Gasteiger partial charge in [-0.3, -0.25) is 9.59 Å². The summed E-state index contributed by atoms with van der Waals surface area (Å²) in [6.07, 6.45) is 3.40. The maximum atomic E-state index is 12.6. The number of nitrogens with zero attached hydrogens (tertiary/aromatic N) is 3. The van der Waals surface area contributed by atoms with E-state index in [1.807, 2.05) is 6.92 Å². The largest absolute Gasteiger partial charge is 0.449 e. The van der Waals surface area contributed by atoms with Gasteiger partial charge in [0.25, 0.3) is 11.5 Å². The van der Waals surface area contributed by atoms with Gasteiger partial charge in [-0.05, 0) is 51.8 Å².